The topological polar surface area (TPSA) is 29.4 Å². The quantitative estimate of drug-likeness (QED) is 0.281. The third-order valence-electron chi connectivity index (χ3n) is 0.0879. The van der Waals surface area contributed by atoms with Gasteiger partial charge in [-0.2, -0.15) is 4.76 Å². The van der Waals surface area contributed by atoms with E-state index in [1.807, 2.05) is 0 Å². The lowest BCUT2D eigenvalue weighted by Gasteiger charge is -1.54. The molecular formula is CHClNOP. The van der Waals surface area contributed by atoms with Crippen LogP contribution in [0.4, 0.5) is 0 Å². The zero-order valence-electron chi connectivity index (χ0n) is 2.23. The molecule has 0 aliphatic rings. The van der Waals surface area contributed by atoms with Crippen LogP contribution >= 0.6 is 19.3 Å². The fraction of sp³-hybridized carbons (Fsp3) is 0. The number of halogens is 1. The van der Waals surface area contributed by atoms with Crippen molar-refractivity contribution in [3.63, 3.8) is 0 Å². The molecule has 0 N–H and O–H groups in total. The Bertz CT molecular complexity index is 58.7. The van der Waals surface area contributed by atoms with Gasteiger partial charge in [-0.1, -0.05) is 11.2 Å². The smallest absolute Gasteiger partial charge is 0.211 e. The van der Waals surface area contributed by atoms with E-state index < -0.39 is 0 Å². The van der Waals surface area contributed by atoms with E-state index in [-0.39, 0.29) is 8.08 Å². The van der Waals surface area contributed by atoms with Crippen molar-refractivity contribution in [3.05, 3.63) is 0 Å². The molecule has 0 saturated carbocycles. The Morgan fingerprint density at radius 2 is 2.60 bits per heavy atom. The highest BCUT2D eigenvalue weighted by Crippen LogP contribution is 2.14. The largest absolute Gasteiger partial charge is 0.239 e. The van der Waals surface area contributed by atoms with Gasteiger partial charge in [0.15, 0.2) is 0 Å². The second-order valence-electron chi connectivity index (χ2n) is 0.288. The maximum atomic E-state index is 9.04. The standard InChI is InChI=1S/CHClNOP/c2-5-3-1-4/h5H. The van der Waals surface area contributed by atoms with Gasteiger partial charge in [0.05, 0.1) is 0 Å². The molecule has 28 valence electrons. The van der Waals surface area contributed by atoms with Crippen LogP contribution in [0.15, 0.2) is 4.76 Å². The zero-order chi connectivity index (χ0) is 4.12. The predicted octanol–water partition coefficient (Wildman–Crippen LogP) is 1.07. The molecule has 0 fully saturated rings. The summed E-state index contributed by atoms with van der Waals surface area (Å²) in [5, 5.41) is 0. The van der Waals surface area contributed by atoms with Crippen LogP contribution in [-0.4, -0.2) is 6.08 Å². The Morgan fingerprint density at radius 3 is 2.60 bits per heavy atom. The van der Waals surface area contributed by atoms with Crippen LogP contribution in [0.25, 0.3) is 0 Å². The van der Waals surface area contributed by atoms with Crippen LogP contribution in [-0.2, 0) is 4.79 Å². The molecule has 1 unspecified atom stereocenters. The van der Waals surface area contributed by atoms with Gasteiger partial charge in [-0.3, -0.25) is 0 Å². The van der Waals surface area contributed by atoms with Crippen molar-refractivity contribution in [1.82, 2.24) is 0 Å². The maximum Gasteiger partial charge on any atom is 0.239 e. The van der Waals surface area contributed by atoms with Crippen LogP contribution in [0.1, 0.15) is 0 Å². The summed E-state index contributed by atoms with van der Waals surface area (Å²) in [6, 6.07) is 0. The molecule has 0 spiro atoms. The van der Waals surface area contributed by atoms with E-state index in [2.05, 4.69) is 4.76 Å². The Labute approximate surface area is 35.9 Å². The summed E-state index contributed by atoms with van der Waals surface area (Å²) in [5.41, 5.74) is 0. The van der Waals surface area contributed by atoms with Crippen molar-refractivity contribution in [2.45, 2.75) is 0 Å². The molecule has 1 atom stereocenters. The summed E-state index contributed by atoms with van der Waals surface area (Å²) in [6.45, 7) is 0. The molecule has 0 amide bonds. The Morgan fingerprint density at radius 1 is 2.00 bits per heavy atom. The SMILES string of the molecule is O=C=NPCl. The lowest BCUT2D eigenvalue weighted by molar-refractivity contribution is 0.566. The molecule has 0 aromatic rings. The highest BCUT2D eigenvalue weighted by atomic mass is 35.7. The fourth-order valence-electron chi connectivity index (χ4n) is 0.0173. The van der Waals surface area contributed by atoms with E-state index in [4.69, 9.17) is 16.0 Å². The van der Waals surface area contributed by atoms with E-state index in [0.717, 1.165) is 0 Å². The molecule has 0 aliphatic carbocycles. The van der Waals surface area contributed by atoms with E-state index >= 15 is 0 Å². The minimum Gasteiger partial charge on any atom is -0.211 e. The number of nitrogens with zero attached hydrogens (tertiary/aromatic N) is 1. The van der Waals surface area contributed by atoms with Gasteiger partial charge in [0.25, 0.3) is 0 Å². The second kappa shape index (κ2) is 4.10. The highest BCUT2D eigenvalue weighted by molar-refractivity contribution is 7.67. The van der Waals surface area contributed by atoms with Gasteiger partial charge in [-0.15, -0.1) is 0 Å². The first kappa shape index (κ1) is 5.10. The molecule has 0 radical (unpaired) electrons. The third kappa shape index (κ3) is 4.10. The predicted molar refractivity (Wildman–Crippen MR) is 22.3 cm³/mol. The third-order valence-corrected chi connectivity index (χ3v) is 0.517. The van der Waals surface area contributed by atoms with Gasteiger partial charge in [-0.25, -0.2) is 4.79 Å². The average Bonchev–Trinajstić information content (AvgIpc) is 1.41. The number of isocyanates is 1. The van der Waals surface area contributed by atoms with E-state index in [1.165, 1.54) is 6.08 Å². The first-order chi connectivity index (χ1) is 2.41. The van der Waals surface area contributed by atoms with Crippen molar-refractivity contribution in [2.75, 3.05) is 0 Å². The Kier molecular flexibility index (Phi) is 4.18. The van der Waals surface area contributed by atoms with Crippen molar-refractivity contribution < 1.29 is 4.79 Å². The normalized spacial score (nSPS) is 8.20. The number of hydrogen-bond donors (Lipinski definition) is 0. The minimum absolute atomic E-state index is 0.169. The fourth-order valence-corrected chi connectivity index (χ4v) is 0.155. The summed E-state index contributed by atoms with van der Waals surface area (Å²) in [6.07, 6.45) is 1.27. The van der Waals surface area contributed by atoms with Gasteiger partial charge >= 0.3 is 0 Å². The molecule has 0 aromatic heterocycles. The first-order valence-electron chi connectivity index (χ1n) is 0.840. The zero-order valence-corrected chi connectivity index (χ0v) is 3.99. The summed E-state index contributed by atoms with van der Waals surface area (Å²) in [7, 11) is -0.169. The number of rotatable bonds is 1. The van der Waals surface area contributed by atoms with E-state index in [9.17, 15) is 0 Å². The minimum atomic E-state index is -0.169. The summed E-state index contributed by atoms with van der Waals surface area (Å²) in [4.78, 5) is 9.04. The Hall–Kier alpha value is 0.1000. The average molecular weight is 109 g/mol. The van der Waals surface area contributed by atoms with Crippen LogP contribution in [0.2, 0.25) is 0 Å². The highest BCUT2D eigenvalue weighted by Gasteiger charge is 1.55. The lowest BCUT2D eigenvalue weighted by atomic mass is 11.7. The van der Waals surface area contributed by atoms with Gasteiger partial charge in [0.1, 0.15) is 8.08 Å². The Balaban J connectivity index is 2.93. The first-order valence-corrected chi connectivity index (χ1v) is 2.80. The van der Waals surface area contributed by atoms with Crippen LogP contribution in [0, 0.1) is 0 Å². The van der Waals surface area contributed by atoms with Gasteiger partial charge in [0.2, 0.25) is 6.08 Å². The van der Waals surface area contributed by atoms with Gasteiger partial charge in [-0.05, 0) is 0 Å². The lowest BCUT2D eigenvalue weighted by Crippen LogP contribution is -1.29. The molecule has 4 heteroatoms. The number of hydrogen-bond acceptors (Lipinski definition) is 2. The molecule has 0 rings (SSSR count). The maximum absolute atomic E-state index is 9.04. The molecule has 0 bridgehead atoms. The number of carbonyl (C=O) groups excluding carboxylic acids is 1. The van der Waals surface area contributed by atoms with Crippen LogP contribution in [0.3, 0.4) is 0 Å². The van der Waals surface area contributed by atoms with Crippen molar-refractivity contribution in [3.8, 4) is 0 Å². The molecule has 0 aliphatic heterocycles. The summed E-state index contributed by atoms with van der Waals surface area (Å²) >= 11 is 4.90. The molecule has 2 nitrogen and oxygen atoms in total. The molecule has 0 heterocycles. The van der Waals surface area contributed by atoms with Crippen molar-refractivity contribution in [1.29, 1.82) is 0 Å². The molecule has 0 saturated heterocycles. The monoisotopic (exact) mass is 109 g/mol. The van der Waals surface area contributed by atoms with E-state index in [1.54, 1.807) is 0 Å². The van der Waals surface area contributed by atoms with Crippen molar-refractivity contribution in [2.24, 2.45) is 4.76 Å². The molecule has 0 aromatic carbocycles. The summed E-state index contributed by atoms with van der Waals surface area (Å²) < 4.78 is 2.96. The van der Waals surface area contributed by atoms with Gasteiger partial charge < -0.3 is 0 Å². The van der Waals surface area contributed by atoms with E-state index in [0.29, 0.717) is 0 Å². The van der Waals surface area contributed by atoms with Crippen LogP contribution in [0.5, 0.6) is 0 Å². The molecular weight excluding hydrogens is 108 g/mol. The van der Waals surface area contributed by atoms with Crippen molar-refractivity contribution >= 4 is 25.4 Å². The molecule has 5 heavy (non-hydrogen) atoms. The van der Waals surface area contributed by atoms with Crippen LogP contribution < -0.4 is 0 Å². The van der Waals surface area contributed by atoms with Gasteiger partial charge in [0, 0.05) is 0 Å². The summed E-state index contributed by atoms with van der Waals surface area (Å²) in [5.74, 6) is 0. The second-order valence-corrected chi connectivity index (χ2v) is 1.19.